The molecular formula is C50H76O6. The van der Waals surface area contributed by atoms with Crippen molar-refractivity contribution in [1.82, 2.24) is 0 Å². The van der Waals surface area contributed by atoms with Crippen LogP contribution in [0.3, 0.4) is 0 Å². The van der Waals surface area contributed by atoms with Gasteiger partial charge in [-0.25, -0.2) is 0 Å². The molecule has 0 bridgehead atoms. The lowest BCUT2D eigenvalue weighted by Gasteiger charge is -2.32. The third-order valence-electron chi connectivity index (χ3n) is 10.3. The Balaban J connectivity index is 0.000000429. The van der Waals surface area contributed by atoms with Crippen LogP contribution in [0.15, 0.2) is 78.9 Å². The summed E-state index contributed by atoms with van der Waals surface area (Å²) < 4.78 is 17.1. The predicted octanol–water partition coefficient (Wildman–Crippen LogP) is 13.1. The van der Waals surface area contributed by atoms with Gasteiger partial charge >= 0.3 is 17.9 Å². The topological polar surface area (TPSA) is 78.9 Å². The molecule has 0 saturated heterocycles. The van der Waals surface area contributed by atoms with Gasteiger partial charge in [-0.15, -0.1) is 0 Å². The smallest absolute Gasteiger partial charge is 0.309 e. The van der Waals surface area contributed by atoms with Gasteiger partial charge in [0.1, 0.15) is 16.8 Å². The average Bonchev–Trinajstić information content (AvgIpc) is 3.13. The van der Waals surface area contributed by atoms with E-state index in [1.165, 1.54) is 11.1 Å². The quantitative estimate of drug-likeness (QED) is 0.135. The van der Waals surface area contributed by atoms with Crippen LogP contribution in [0.5, 0.6) is 0 Å². The fourth-order valence-electron chi connectivity index (χ4n) is 5.65. The van der Waals surface area contributed by atoms with Gasteiger partial charge in [-0.05, 0) is 78.7 Å². The van der Waals surface area contributed by atoms with Crippen LogP contribution in [0, 0.1) is 17.8 Å². The van der Waals surface area contributed by atoms with Crippen LogP contribution in [0.1, 0.15) is 172 Å². The minimum Gasteiger partial charge on any atom is -0.455 e. The Morgan fingerprint density at radius 2 is 0.786 bits per heavy atom. The summed E-state index contributed by atoms with van der Waals surface area (Å²) in [5, 5.41) is 0. The lowest BCUT2D eigenvalue weighted by atomic mass is 9.78. The van der Waals surface area contributed by atoms with Gasteiger partial charge < -0.3 is 14.2 Å². The largest absolute Gasteiger partial charge is 0.455 e. The van der Waals surface area contributed by atoms with Crippen LogP contribution in [0.25, 0.3) is 0 Å². The first-order valence-corrected chi connectivity index (χ1v) is 20.7. The van der Waals surface area contributed by atoms with Crippen molar-refractivity contribution >= 4 is 17.9 Å². The summed E-state index contributed by atoms with van der Waals surface area (Å²) in [7, 11) is 0. The average molecular weight is 773 g/mol. The number of benzene rings is 3. The summed E-state index contributed by atoms with van der Waals surface area (Å²) in [6, 6.07) is 26.5. The van der Waals surface area contributed by atoms with Gasteiger partial charge in [0, 0.05) is 0 Å². The van der Waals surface area contributed by atoms with Crippen molar-refractivity contribution < 1.29 is 28.6 Å². The summed E-state index contributed by atoms with van der Waals surface area (Å²) >= 11 is 0. The number of rotatable bonds is 12. The highest BCUT2D eigenvalue weighted by molar-refractivity contribution is 5.73. The molecule has 0 heterocycles. The summed E-state index contributed by atoms with van der Waals surface area (Å²) in [5.74, 6) is -0.729. The zero-order chi connectivity index (χ0) is 43.3. The maximum absolute atomic E-state index is 12.1. The minimum absolute atomic E-state index is 0.0497. The number of carbonyl (C=O) groups excluding carboxylic acids is 3. The van der Waals surface area contributed by atoms with Crippen molar-refractivity contribution in [3.63, 3.8) is 0 Å². The Kier molecular flexibility index (Phi) is 18.8. The molecule has 0 radical (unpaired) electrons. The molecular weight excluding hydrogens is 697 g/mol. The number of hydrogen-bond acceptors (Lipinski definition) is 6. The van der Waals surface area contributed by atoms with Crippen molar-refractivity contribution in [2.75, 3.05) is 0 Å². The molecule has 0 fully saturated rings. The molecule has 0 aromatic heterocycles. The number of carbonyl (C=O) groups is 3. The Morgan fingerprint density at radius 3 is 1.12 bits per heavy atom. The zero-order valence-electron chi connectivity index (χ0n) is 38.3. The number of hydrogen-bond donors (Lipinski definition) is 0. The third-order valence-corrected chi connectivity index (χ3v) is 10.3. The molecule has 312 valence electrons. The monoisotopic (exact) mass is 773 g/mol. The second-order valence-electron chi connectivity index (χ2n) is 18.6. The molecule has 6 nitrogen and oxygen atoms in total. The SMILES string of the molecule is CC(C)C(=O)OC(C)(C)c1cc(C(C)(C)C)cc(C(C)(C)C)c1.CCC(C)(OC(=O)C(C)C)c1ccccc1.CCC(CC)(OC(=O)C(C)C)c1ccccc1. The molecule has 3 aromatic carbocycles. The van der Waals surface area contributed by atoms with Gasteiger partial charge in [0.05, 0.1) is 17.8 Å². The maximum Gasteiger partial charge on any atom is 0.309 e. The van der Waals surface area contributed by atoms with E-state index in [1.807, 2.05) is 130 Å². The second-order valence-corrected chi connectivity index (χ2v) is 18.6. The molecule has 6 heteroatoms. The van der Waals surface area contributed by atoms with Crippen LogP contribution < -0.4 is 0 Å². The number of esters is 3. The van der Waals surface area contributed by atoms with E-state index < -0.39 is 16.8 Å². The van der Waals surface area contributed by atoms with E-state index in [0.29, 0.717) is 0 Å². The maximum atomic E-state index is 12.1. The lowest BCUT2D eigenvalue weighted by Crippen LogP contribution is -2.32. The van der Waals surface area contributed by atoms with Gasteiger partial charge in [0.15, 0.2) is 0 Å². The van der Waals surface area contributed by atoms with Gasteiger partial charge in [0.25, 0.3) is 0 Å². The van der Waals surface area contributed by atoms with Crippen molar-refractivity contribution in [3.8, 4) is 0 Å². The van der Waals surface area contributed by atoms with Gasteiger partial charge in [-0.2, -0.15) is 0 Å². The molecule has 1 atom stereocenters. The molecule has 0 spiro atoms. The summed E-state index contributed by atoms with van der Waals surface area (Å²) in [5.41, 5.74) is 4.22. The molecule has 3 rings (SSSR count). The highest BCUT2D eigenvalue weighted by atomic mass is 16.6. The van der Waals surface area contributed by atoms with E-state index in [1.54, 1.807) is 0 Å². The Bertz CT molecular complexity index is 1620. The van der Waals surface area contributed by atoms with Crippen LogP contribution in [0.2, 0.25) is 0 Å². The fourth-order valence-corrected chi connectivity index (χ4v) is 5.65. The van der Waals surface area contributed by atoms with Crippen molar-refractivity contribution in [2.24, 2.45) is 17.8 Å². The third kappa shape index (κ3) is 14.9. The van der Waals surface area contributed by atoms with E-state index in [0.717, 1.165) is 36.0 Å². The minimum atomic E-state index is -0.636. The van der Waals surface area contributed by atoms with Crippen LogP contribution in [-0.4, -0.2) is 17.9 Å². The Morgan fingerprint density at radius 1 is 0.446 bits per heavy atom. The van der Waals surface area contributed by atoms with E-state index in [-0.39, 0.29) is 46.5 Å². The molecule has 3 aromatic rings. The summed E-state index contributed by atoms with van der Waals surface area (Å²) in [4.78, 5) is 35.6. The van der Waals surface area contributed by atoms with E-state index in [4.69, 9.17) is 14.2 Å². The summed E-state index contributed by atoms with van der Waals surface area (Å²) in [6.45, 7) is 36.5. The van der Waals surface area contributed by atoms with E-state index in [2.05, 4.69) is 73.6 Å². The first kappa shape index (κ1) is 50.1. The van der Waals surface area contributed by atoms with E-state index >= 15 is 0 Å². The molecule has 0 N–H and O–H groups in total. The molecule has 0 amide bonds. The van der Waals surface area contributed by atoms with Gasteiger partial charge in [-0.3, -0.25) is 14.4 Å². The van der Waals surface area contributed by atoms with Crippen molar-refractivity contribution in [3.05, 3.63) is 107 Å². The predicted molar refractivity (Wildman–Crippen MR) is 232 cm³/mol. The van der Waals surface area contributed by atoms with E-state index in [9.17, 15) is 14.4 Å². The molecule has 1 unspecified atom stereocenters. The molecule has 0 aliphatic heterocycles. The van der Waals surface area contributed by atoms with Gasteiger partial charge in [-0.1, -0.05) is 183 Å². The number of ether oxygens (including phenoxy) is 3. The van der Waals surface area contributed by atoms with Crippen LogP contribution in [0.4, 0.5) is 0 Å². The molecule has 56 heavy (non-hydrogen) atoms. The Labute approximate surface area is 341 Å². The first-order chi connectivity index (χ1) is 25.7. The fraction of sp³-hybridized carbons (Fsp3) is 0.580. The van der Waals surface area contributed by atoms with Gasteiger partial charge in [0.2, 0.25) is 0 Å². The highest BCUT2D eigenvalue weighted by Gasteiger charge is 2.34. The lowest BCUT2D eigenvalue weighted by molar-refractivity contribution is -0.166. The van der Waals surface area contributed by atoms with Crippen LogP contribution >= 0.6 is 0 Å². The summed E-state index contributed by atoms with van der Waals surface area (Å²) in [6.07, 6.45) is 2.37. The molecule has 0 aliphatic carbocycles. The van der Waals surface area contributed by atoms with Crippen molar-refractivity contribution in [2.45, 2.75) is 172 Å². The standard InChI is InChI=1S/C21H34O2.C15H22O2.C14H20O2/c1-14(2)18(22)23-21(9,10)17-12-15(19(3,4)5)11-16(13-17)20(6,7)8;1-5-15(6-2,17-14(16)12(3)4)13-10-8-7-9-11-13;1-5-14(4,16-13(15)11(2)3)12-9-7-6-8-10-12/h11-14H,1-10H3;7-12H,5-6H2,1-4H3;6-11H,5H2,1-4H3. The molecule has 0 saturated carbocycles. The first-order valence-electron chi connectivity index (χ1n) is 20.7. The zero-order valence-corrected chi connectivity index (χ0v) is 38.3. The second kappa shape index (κ2) is 21.0. The highest BCUT2D eigenvalue weighted by Crippen LogP contribution is 2.36. The Hall–Kier alpha value is -3.93. The normalized spacial score (nSPS) is 13.2. The molecule has 0 aliphatic rings. The van der Waals surface area contributed by atoms with Crippen LogP contribution in [-0.2, 0) is 56.2 Å². The van der Waals surface area contributed by atoms with Crippen molar-refractivity contribution in [1.29, 1.82) is 0 Å².